The third-order valence-electron chi connectivity index (χ3n) is 4.80. The number of morpholine rings is 2. The van der Waals surface area contributed by atoms with Crippen molar-refractivity contribution in [1.82, 2.24) is 15.0 Å². The minimum Gasteiger partial charge on any atom is -0.378 e. The second-order valence-electron chi connectivity index (χ2n) is 6.93. The molecular weight excluding hydrogens is 332 g/mol. The molecule has 0 spiro atoms. The van der Waals surface area contributed by atoms with E-state index in [1.54, 1.807) is 0 Å². The second-order valence-corrected chi connectivity index (χ2v) is 6.93. The molecule has 1 N–H and O–H groups in total. The first-order valence-corrected chi connectivity index (χ1v) is 9.23. The van der Waals surface area contributed by atoms with Crippen molar-refractivity contribution in [2.45, 2.75) is 26.1 Å². The molecule has 2 aliphatic rings. The number of rotatable bonds is 3. The van der Waals surface area contributed by atoms with E-state index in [0.717, 1.165) is 54.8 Å². The van der Waals surface area contributed by atoms with E-state index >= 15 is 0 Å². The van der Waals surface area contributed by atoms with Crippen LogP contribution in [0.3, 0.4) is 0 Å². The number of fused-ring (bicyclic) bond motifs is 1. The van der Waals surface area contributed by atoms with Gasteiger partial charge < -0.3 is 24.6 Å². The summed E-state index contributed by atoms with van der Waals surface area (Å²) in [6.07, 6.45) is 0.308. The number of nitrogens with zero attached hydrogens (tertiary/aromatic N) is 5. The first kappa shape index (κ1) is 17.2. The van der Waals surface area contributed by atoms with Gasteiger partial charge in [-0.1, -0.05) is 0 Å². The van der Waals surface area contributed by atoms with Crippen LogP contribution in [0.1, 0.15) is 13.8 Å². The number of hydrogen-bond donors (Lipinski definition) is 1. The Labute approximate surface area is 153 Å². The van der Waals surface area contributed by atoms with Crippen LogP contribution >= 0.6 is 0 Å². The number of ether oxygens (including phenoxy) is 2. The molecule has 26 heavy (non-hydrogen) atoms. The third-order valence-corrected chi connectivity index (χ3v) is 4.80. The van der Waals surface area contributed by atoms with Crippen LogP contribution in [0, 0.1) is 0 Å². The highest BCUT2D eigenvalue weighted by molar-refractivity contribution is 5.89. The molecule has 0 bridgehead atoms. The Morgan fingerprint density at radius 1 is 1.00 bits per heavy atom. The average molecular weight is 358 g/mol. The van der Waals surface area contributed by atoms with E-state index in [4.69, 9.17) is 19.4 Å². The van der Waals surface area contributed by atoms with Crippen molar-refractivity contribution >= 4 is 28.6 Å². The van der Waals surface area contributed by atoms with Gasteiger partial charge in [0.05, 0.1) is 30.8 Å². The maximum atomic E-state index is 5.86. The first-order valence-electron chi connectivity index (χ1n) is 9.23. The van der Waals surface area contributed by atoms with Gasteiger partial charge in [0.25, 0.3) is 0 Å². The number of hydrogen-bond acceptors (Lipinski definition) is 8. The predicted molar refractivity (Wildman–Crippen MR) is 102 cm³/mol. The summed E-state index contributed by atoms with van der Waals surface area (Å²) in [7, 11) is 1.87. The van der Waals surface area contributed by atoms with Crippen LogP contribution in [-0.4, -0.2) is 73.6 Å². The van der Waals surface area contributed by atoms with Crippen LogP contribution in [0.4, 0.5) is 17.6 Å². The lowest BCUT2D eigenvalue weighted by Gasteiger charge is -2.36. The highest BCUT2D eigenvalue weighted by atomic mass is 16.5. The number of anilines is 3. The summed E-state index contributed by atoms with van der Waals surface area (Å²) in [6, 6.07) is 4.02. The molecule has 0 aromatic carbocycles. The number of aromatic nitrogens is 3. The van der Waals surface area contributed by atoms with Gasteiger partial charge >= 0.3 is 0 Å². The molecular formula is C18H26N6O2. The van der Waals surface area contributed by atoms with E-state index in [0.29, 0.717) is 13.2 Å². The summed E-state index contributed by atoms with van der Waals surface area (Å²) in [6.45, 7) is 8.83. The lowest BCUT2D eigenvalue weighted by atomic mass is 10.2. The van der Waals surface area contributed by atoms with E-state index in [2.05, 4.69) is 33.9 Å². The minimum absolute atomic E-state index is 0.154. The van der Waals surface area contributed by atoms with Gasteiger partial charge in [-0.3, -0.25) is 0 Å². The minimum atomic E-state index is 0.154. The van der Waals surface area contributed by atoms with Gasteiger partial charge in [-0.15, -0.1) is 0 Å². The van der Waals surface area contributed by atoms with E-state index in [9.17, 15) is 0 Å². The Morgan fingerprint density at radius 3 is 2.42 bits per heavy atom. The van der Waals surface area contributed by atoms with E-state index < -0.39 is 0 Å². The van der Waals surface area contributed by atoms with Crippen molar-refractivity contribution in [3.05, 3.63) is 12.1 Å². The van der Waals surface area contributed by atoms with Crippen molar-refractivity contribution in [3.8, 4) is 0 Å². The summed E-state index contributed by atoms with van der Waals surface area (Å²) in [5.74, 6) is 2.47. The molecule has 2 saturated heterocycles. The van der Waals surface area contributed by atoms with Gasteiger partial charge in [-0.2, -0.15) is 9.97 Å². The molecule has 0 radical (unpaired) electrons. The van der Waals surface area contributed by atoms with Gasteiger partial charge in [0.1, 0.15) is 11.6 Å². The summed E-state index contributed by atoms with van der Waals surface area (Å²) < 4.78 is 11.4. The molecule has 2 unspecified atom stereocenters. The molecule has 140 valence electrons. The van der Waals surface area contributed by atoms with E-state index in [1.165, 1.54) is 0 Å². The van der Waals surface area contributed by atoms with Crippen LogP contribution < -0.4 is 15.1 Å². The van der Waals surface area contributed by atoms with Crippen LogP contribution in [-0.2, 0) is 9.47 Å². The summed E-state index contributed by atoms with van der Waals surface area (Å²) >= 11 is 0. The highest BCUT2D eigenvalue weighted by Crippen LogP contribution is 2.28. The van der Waals surface area contributed by atoms with Gasteiger partial charge in [0, 0.05) is 33.2 Å². The zero-order chi connectivity index (χ0) is 18.1. The smallest absolute Gasteiger partial charge is 0.229 e. The molecule has 0 saturated carbocycles. The van der Waals surface area contributed by atoms with Crippen LogP contribution in [0.15, 0.2) is 12.1 Å². The Morgan fingerprint density at radius 2 is 1.73 bits per heavy atom. The van der Waals surface area contributed by atoms with E-state index in [-0.39, 0.29) is 12.2 Å². The Hall–Kier alpha value is -2.19. The Balaban J connectivity index is 1.79. The molecule has 0 amide bonds. The SMILES string of the molecule is CNc1ccc2c(N3CCOCC3)nc(N3CC(C)OC(C)C3)nc2n1. The zero-order valence-corrected chi connectivity index (χ0v) is 15.6. The van der Waals surface area contributed by atoms with Gasteiger partial charge in [-0.05, 0) is 26.0 Å². The number of nitrogens with one attached hydrogen (secondary N) is 1. The Kier molecular flexibility index (Phi) is 4.78. The maximum Gasteiger partial charge on any atom is 0.229 e. The molecule has 8 heteroatoms. The molecule has 8 nitrogen and oxygen atoms in total. The predicted octanol–water partition coefficient (Wildman–Crippen LogP) is 1.52. The molecule has 2 aliphatic heterocycles. The summed E-state index contributed by atoms with van der Waals surface area (Å²) in [5, 5.41) is 4.07. The van der Waals surface area contributed by atoms with Crippen molar-refractivity contribution in [3.63, 3.8) is 0 Å². The monoisotopic (exact) mass is 358 g/mol. The van der Waals surface area contributed by atoms with Crippen LogP contribution in [0.25, 0.3) is 11.0 Å². The average Bonchev–Trinajstić information content (AvgIpc) is 2.66. The topological polar surface area (TPSA) is 75.6 Å². The fourth-order valence-electron chi connectivity index (χ4n) is 3.62. The highest BCUT2D eigenvalue weighted by Gasteiger charge is 2.26. The number of pyridine rings is 1. The largest absolute Gasteiger partial charge is 0.378 e. The standard InChI is InChI=1S/C18H26N6O2/c1-12-10-24(11-13(2)26-12)18-21-16-14(4-5-15(19-3)20-16)17(22-18)23-6-8-25-9-7-23/h4-5,12-13H,6-11H2,1-3H3,(H,19,20,21,22). The van der Waals surface area contributed by atoms with Crippen LogP contribution in [0.5, 0.6) is 0 Å². The fraction of sp³-hybridized carbons (Fsp3) is 0.611. The van der Waals surface area contributed by atoms with E-state index in [1.807, 2.05) is 19.2 Å². The van der Waals surface area contributed by atoms with Gasteiger partial charge in [0.2, 0.25) is 5.95 Å². The fourth-order valence-corrected chi connectivity index (χ4v) is 3.62. The molecule has 0 aliphatic carbocycles. The van der Waals surface area contributed by atoms with Crippen molar-refractivity contribution < 1.29 is 9.47 Å². The maximum absolute atomic E-state index is 5.86. The molecule has 4 heterocycles. The molecule has 2 fully saturated rings. The Bertz CT molecular complexity index is 770. The summed E-state index contributed by atoms with van der Waals surface area (Å²) in [4.78, 5) is 18.9. The van der Waals surface area contributed by atoms with Gasteiger partial charge in [0.15, 0.2) is 5.65 Å². The summed E-state index contributed by atoms with van der Waals surface area (Å²) in [5.41, 5.74) is 0.718. The zero-order valence-electron chi connectivity index (χ0n) is 15.6. The molecule has 4 rings (SSSR count). The molecule has 2 atom stereocenters. The second kappa shape index (κ2) is 7.20. The van der Waals surface area contributed by atoms with Crippen LogP contribution in [0.2, 0.25) is 0 Å². The normalized spacial score (nSPS) is 24.1. The molecule has 2 aromatic heterocycles. The van der Waals surface area contributed by atoms with Crippen molar-refractivity contribution in [2.24, 2.45) is 0 Å². The lowest BCUT2D eigenvalue weighted by Crippen LogP contribution is -2.46. The van der Waals surface area contributed by atoms with Crippen molar-refractivity contribution in [1.29, 1.82) is 0 Å². The molecule has 2 aromatic rings. The third kappa shape index (κ3) is 3.39. The first-order chi connectivity index (χ1) is 12.6. The van der Waals surface area contributed by atoms with Crippen molar-refractivity contribution in [2.75, 3.05) is 61.6 Å². The quantitative estimate of drug-likeness (QED) is 0.885. The van der Waals surface area contributed by atoms with Gasteiger partial charge in [-0.25, -0.2) is 4.98 Å². The lowest BCUT2D eigenvalue weighted by molar-refractivity contribution is -0.00570.